The van der Waals surface area contributed by atoms with Crippen molar-refractivity contribution >= 4 is 45.1 Å². The number of carbonyl (C=O) groups is 3. The summed E-state index contributed by atoms with van der Waals surface area (Å²) in [6.07, 6.45) is 0.984. The predicted octanol–water partition coefficient (Wildman–Crippen LogP) is 2.64. The number of nitrogens with zero attached hydrogens (tertiary/aromatic N) is 2. The lowest BCUT2D eigenvalue weighted by atomic mass is 10.1. The Bertz CT molecular complexity index is 1390. The van der Waals surface area contributed by atoms with Crippen molar-refractivity contribution in [3.05, 3.63) is 64.0 Å². The fraction of sp³-hybridized carbons (Fsp3) is 0.292. The largest absolute Gasteiger partial charge is 0.486 e. The summed E-state index contributed by atoms with van der Waals surface area (Å²) in [4.78, 5) is 52.9. The van der Waals surface area contributed by atoms with E-state index < -0.39 is 42.5 Å². The number of thiazole rings is 1. The van der Waals surface area contributed by atoms with E-state index in [-0.39, 0.29) is 30.8 Å². The Morgan fingerprint density at radius 1 is 1.24 bits per heavy atom. The Kier molecular flexibility index (Phi) is 9.87. The summed E-state index contributed by atoms with van der Waals surface area (Å²) in [7, 11) is 1.14. The molecule has 202 valence electrons. The van der Waals surface area contributed by atoms with Gasteiger partial charge >= 0.3 is 6.09 Å². The van der Waals surface area contributed by atoms with Gasteiger partial charge in [0.1, 0.15) is 29.1 Å². The molecular weight excluding hydrogens is 524 g/mol. The normalized spacial score (nSPS) is 12.0. The number of nitrogens with two attached hydrogens (primary N) is 1. The van der Waals surface area contributed by atoms with Gasteiger partial charge in [-0.3, -0.25) is 14.4 Å². The summed E-state index contributed by atoms with van der Waals surface area (Å²) < 4.78 is 36.8. The number of methoxy groups -OCH3 is 1. The molecular formula is C24H25F2N5O6S. The maximum Gasteiger partial charge on any atom is 0.407 e. The third-order valence-corrected chi connectivity index (χ3v) is 6.14. The van der Waals surface area contributed by atoms with Crippen LogP contribution in [0.25, 0.3) is 10.2 Å². The van der Waals surface area contributed by atoms with Crippen molar-refractivity contribution in [2.45, 2.75) is 31.9 Å². The number of rotatable bonds is 12. The zero-order valence-corrected chi connectivity index (χ0v) is 21.0. The summed E-state index contributed by atoms with van der Waals surface area (Å²) in [6, 6.07) is 6.81. The maximum atomic E-state index is 13.0. The number of carbonyl (C=O) groups excluding carboxylic acids is 3. The van der Waals surface area contributed by atoms with Crippen LogP contribution in [0.2, 0.25) is 0 Å². The van der Waals surface area contributed by atoms with Gasteiger partial charge in [-0.1, -0.05) is 12.1 Å². The van der Waals surface area contributed by atoms with Crippen LogP contribution in [0.15, 0.2) is 53.5 Å². The summed E-state index contributed by atoms with van der Waals surface area (Å²) >= 11 is 1.20. The second kappa shape index (κ2) is 13.3. The molecule has 0 spiro atoms. The molecule has 11 nitrogen and oxygen atoms in total. The zero-order chi connectivity index (χ0) is 27.7. The number of allylic oxidation sites excluding steroid dienone is 1. The number of pyridine rings is 1. The lowest BCUT2D eigenvalue weighted by Crippen LogP contribution is -2.44. The van der Waals surface area contributed by atoms with Gasteiger partial charge in [-0.15, -0.1) is 11.3 Å². The average molecular weight is 550 g/mol. The minimum Gasteiger partial charge on any atom is -0.486 e. The van der Waals surface area contributed by atoms with Crippen molar-refractivity contribution in [1.29, 1.82) is 0 Å². The van der Waals surface area contributed by atoms with Gasteiger partial charge in [0.05, 0.1) is 23.9 Å². The first-order chi connectivity index (χ1) is 18.2. The predicted molar refractivity (Wildman–Crippen MR) is 136 cm³/mol. The van der Waals surface area contributed by atoms with Crippen molar-refractivity contribution < 1.29 is 32.6 Å². The highest BCUT2D eigenvalue weighted by Crippen LogP contribution is 2.31. The van der Waals surface area contributed by atoms with Gasteiger partial charge in [-0.25, -0.2) is 18.6 Å². The molecule has 14 heteroatoms. The molecule has 2 aromatic heterocycles. The van der Waals surface area contributed by atoms with Crippen molar-refractivity contribution in [3.63, 3.8) is 0 Å². The highest BCUT2D eigenvalue weighted by Gasteiger charge is 2.22. The van der Waals surface area contributed by atoms with Crippen LogP contribution in [-0.4, -0.2) is 53.6 Å². The smallest absolute Gasteiger partial charge is 0.407 e. The van der Waals surface area contributed by atoms with Crippen LogP contribution >= 0.6 is 11.3 Å². The second-order valence-corrected chi connectivity index (χ2v) is 8.91. The monoisotopic (exact) mass is 549 g/mol. The molecule has 0 aliphatic carbocycles. The molecule has 0 radical (unpaired) electrons. The molecule has 2 heterocycles. The molecule has 1 unspecified atom stereocenters. The van der Waals surface area contributed by atoms with Gasteiger partial charge in [0.15, 0.2) is 0 Å². The first-order valence-corrected chi connectivity index (χ1v) is 12.1. The number of alkyl carbamates (subject to hydrolysis) is 1. The number of ether oxygens (including phenoxy) is 2. The van der Waals surface area contributed by atoms with Crippen LogP contribution in [0.4, 0.5) is 19.3 Å². The fourth-order valence-corrected chi connectivity index (χ4v) is 4.39. The minimum absolute atomic E-state index is 0.0380. The SMILES string of the molecule is COC(=O)NC(CCC=CC(N)=O)C(=O)Nc1cccn(Cc2nc3cccc(OCC(F)F)c3s2)c1=O. The number of alkyl halides is 2. The highest BCUT2D eigenvalue weighted by molar-refractivity contribution is 7.19. The van der Waals surface area contributed by atoms with Crippen molar-refractivity contribution in [1.82, 2.24) is 14.9 Å². The first-order valence-electron chi connectivity index (χ1n) is 11.3. The quantitative estimate of drug-likeness (QED) is 0.293. The Morgan fingerprint density at radius 2 is 2.03 bits per heavy atom. The first kappa shape index (κ1) is 28.2. The molecule has 3 aromatic rings. The molecule has 0 saturated heterocycles. The van der Waals surface area contributed by atoms with Crippen molar-refractivity contribution in [2.75, 3.05) is 19.0 Å². The summed E-state index contributed by atoms with van der Waals surface area (Å²) in [5.74, 6) is -1.05. The summed E-state index contributed by atoms with van der Waals surface area (Å²) in [5, 5.41) is 5.42. The molecule has 0 saturated carbocycles. The molecule has 1 atom stereocenters. The maximum absolute atomic E-state index is 13.0. The number of amides is 3. The number of hydrogen-bond donors (Lipinski definition) is 3. The van der Waals surface area contributed by atoms with E-state index in [4.69, 9.17) is 10.5 Å². The van der Waals surface area contributed by atoms with Gasteiger partial charge in [0.2, 0.25) is 11.8 Å². The van der Waals surface area contributed by atoms with E-state index in [1.54, 1.807) is 24.3 Å². The number of hydrogen-bond acceptors (Lipinski definition) is 8. The molecule has 3 amide bonds. The van der Waals surface area contributed by atoms with E-state index in [2.05, 4.69) is 20.4 Å². The van der Waals surface area contributed by atoms with Gasteiger partial charge in [-0.05, 0) is 43.2 Å². The van der Waals surface area contributed by atoms with Crippen LogP contribution in [0.5, 0.6) is 5.75 Å². The summed E-state index contributed by atoms with van der Waals surface area (Å²) in [5.41, 5.74) is 5.02. The Balaban J connectivity index is 1.76. The Hall–Kier alpha value is -4.33. The van der Waals surface area contributed by atoms with Crippen LogP contribution in [-0.2, 0) is 20.9 Å². The number of benzene rings is 1. The van der Waals surface area contributed by atoms with E-state index in [0.29, 0.717) is 15.2 Å². The third kappa shape index (κ3) is 7.83. The average Bonchev–Trinajstić information content (AvgIpc) is 3.29. The van der Waals surface area contributed by atoms with Crippen molar-refractivity contribution in [2.24, 2.45) is 5.73 Å². The molecule has 0 fully saturated rings. The Labute approximate surface area is 219 Å². The number of fused-ring (bicyclic) bond motifs is 1. The van der Waals surface area contributed by atoms with Crippen LogP contribution in [0.3, 0.4) is 0 Å². The Morgan fingerprint density at radius 3 is 2.74 bits per heavy atom. The highest BCUT2D eigenvalue weighted by atomic mass is 32.1. The minimum atomic E-state index is -2.62. The second-order valence-electron chi connectivity index (χ2n) is 7.83. The molecule has 1 aromatic carbocycles. The van der Waals surface area contributed by atoms with Gasteiger partial charge in [-0.2, -0.15) is 0 Å². The lowest BCUT2D eigenvalue weighted by molar-refractivity contribution is -0.118. The molecule has 4 N–H and O–H groups in total. The molecule has 0 aliphatic heterocycles. The van der Waals surface area contributed by atoms with Crippen molar-refractivity contribution in [3.8, 4) is 5.75 Å². The van der Waals surface area contributed by atoms with E-state index in [0.717, 1.165) is 13.2 Å². The van der Waals surface area contributed by atoms with Crippen LogP contribution in [0, 0.1) is 0 Å². The van der Waals surface area contributed by atoms with E-state index in [1.165, 1.54) is 34.2 Å². The van der Waals surface area contributed by atoms with E-state index in [1.807, 2.05) is 0 Å². The standard InChI is InChI=1S/C24H25F2N5O6S/c1-36-24(35)30-15(6-2-3-10-19(27)32)22(33)29-16-8-5-11-31(23(16)34)12-20-28-14-7-4-9-17(21(14)38-20)37-13-18(25)26/h3-5,7-11,15,18H,2,6,12-13H2,1H3,(H2,27,32)(H,29,33)(H,30,35). The lowest BCUT2D eigenvalue weighted by Gasteiger charge is -2.17. The van der Waals surface area contributed by atoms with Gasteiger partial charge < -0.3 is 30.4 Å². The van der Waals surface area contributed by atoms with Gasteiger partial charge in [0, 0.05) is 6.20 Å². The molecule has 38 heavy (non-hydrogen) atoms. The van der Waals surface area contributed by atoms with E-state index >= 15 is 0 Å². The molecule has 3 rings (SSSR count). The number of anilines is 1. The van der Waals surface area contributed by atoms with Crippen LogP contribution < -0.4 is 26.7 Å². The fourth-order valence-electron chi connectivity index (χ4n) is 3.36. The number of nitrogens with one attached hydrogen (secondary N) is 2. The third-order valence-electron chi connectivity index (χ3n) is 5.07. The summed E-state index contributed by atoms with van der Waals surface area (Å²) in [6.45, 7) is -0.696. The van der Waals surface area contributed by atoms with Crippen LogP contribution in [0.1, 0.15) is 17.8 Å². The van der Waals surface area contributed by atoms with Gasteiger partial charge in [0.25, 0.3) is 12.0 Å². The van der Waals surface area contributed by atoms with E-state index in [9.17, 15) is 28.0 Å². The molecule has 0 bridgehead atoms. The zero-order valence-electron chi connectivity index (χ0n) is 20.2. The number of aromatic nitrogens is 2. The number of primary amides is 1. The molecule has 0 aliphatic rings. The number of halogens is 2. The topological polar surface area (TPSA) is 155 Å².